The highest BCUT2D eigenvalue weighted by Crippen LogP contribution is 2.22. The summed E-state index contributed by atoms with van der Waals surface area (Å²) in [5.74, 6) is 1.96. The van der Waals surface area contributed by atoms with Crippen molar-refractivity contribution in [2.24, 2.45) is 10.7 Å². The fourth-order valence-corrected chi connectivity index (χ4v) is 1.96. The number of methoxy groups -OCH3 is 1. The molecule has 1 atom stereocenters. The van der Waals surface area contributed by atoms with Crippen LogP contribution in [0.2, 0.25) is 0 Å². The fourth-order valence-electron chi connectivity index (χ4n) is 1.96. The molecule has 0 radical (unpaired) electrons. The molecule has 1 aromatic carbocycles. The molecule has 1 aliphatic rings. The van der Waals surface area contributed by atoms with Crippen LogP contribution < -0.4 is 15.8 Å². The summed E-state index contributed by atoms with van der Waals surface area (Å²) in [4.78, 5) is 4.36. The molecule has 1 unspecified atom stereocenters. The Morgan fingerprint density at radius 2 is 2.05 bits per heavy atom. The lowest BCUT2D eigenvalue weighted by molar-refractivity contribution is 0.414. The van der Waals surface area contributed by atoms with Gasteiger partial charge in [-0.2, -0.15) is 0 Å². The maximum absolute atomic E-state index is 5.80. The number of nitrogens with zero attached hydrogens (tertiary/aromatic N) is 1. The number of benzene rings is 1. The molecule has 1 aromatic rings. The Bertz CT molecular complexity index is 429. The van der Waals surface area contributed by atoms with Crippen LogP contribution in [0.4, 0.5) is 0 Å². The van der Waals surface area contributed by atoms with Crippen LogP contribution in [0.5, 0.6) is 5.75 Å². The van der Waals surface area contributed by atoms with Crippen LogP contribution in [0.25, 0.3) is 0 Å². The van der Waals surface area contributed by atoms with Crippen LogP contribution in [-0.4, -0.2) is 25.7 Å². The molecule has 0 heterocycles. The minimum atomic E-state index is 0. The number of ether oxygens (including phenoxy) is 1. The molecular formula is C15H24IN3O. The van der Waals surface area contributed by atoms with Crippen molar-refractivity contribution >= 4 is 29.9 Å². The van der Waals surface area contributed by atoms with E-state index in [0.29, 0.717) is 17.9 Å². The van der Waals surface area contributed by atoms with Gasteiger partial charge in [0.15, 0.2) is 5.96 Å². The molecule has 0 aromatic heterocycles. The standard InChI is InChI=1S/C15H23N3O.HI/c1-11(12-3-7-14(19-2)8-4-12)9-10-17-15(16)18-13-5-6-13;/h3-4,7-8,11,13H,5-6,9-10H2,1-2H3,(H3,16,17,18);1H. The van der Waals surface area contributed by atoms with Crippen LogP contribution in [0.15, 0.2) is 29.3 Å². The first-order valence-corrected chi connectivity index (χ1v) is 6.89. The lowest BCUT2D eigenvalue weighted by Gasteiger charge is -2.11. The quantitative estimate of drug-likeness (QED) is 0.447. The van der Waals surface area contributed by atoms with E-state index in [4.69, 9.17) is 10.5 Å². The summed E-state index contributed by atoms with van der Waals surface area (Å²) in [6, 6.07) is 8.79. The predicted molar refractivity (Wildman–Crippen MR) is 94.1 cm³/mol. The van der Waals surface area contributed by atoms with E-state index in [1.54, 1.807) is 7.11 Å². The topological polar surface area (TPSA) is 59.6 Å². The third kappa shape index (κ3) is 5.56. The molecule has 2 rings (SSSR count). The number of guanidine groups is 1. The van der Waals surface area contributed by atoms with Crippen molar-refractivity contribution in [3.05, 3.63) is 29.8 Å². The number of hydrogen-bond donors (Lipinski definition) is 2. The lowest BCUT2D eigenvalue weighted by atomic mass is 9.98. The summed E-state index contributed by atoms with van der Waals surface area (Å²) in [5, 5.41) is 3.19. The number of halogens is 1. The number of aliphatic imine (C=N–C) groups is 1. The van der Waals surface area contributed by atoms with E-state index in [2.05, 4.69) is 29.4 Å². The zero-order chi connectivity index (χ0) is 13.7. The summed E-state index contributed by atoms with van der Waals surface area (Å²) in [6.45, 7) is 2.97. The van der Waals surface area contributed by atoms with Gasteiger partial charge in [-0.15, -0.1) is 24.0 Å². The molecule has 5 heteroatoms. The summed E-state index contributed by atoms with van der Waals surface area (Å²) < 4.78 is 5.16. The summed E-state index contributed by atoms with van der Waals surface area (Å²) >= 11 is 0. The molecule has 0 saturated heterocycles. The van der Waals surface area contributed by atoms with Gasteiger partial charge in [0.2, 0.25) is 0 Å². The normalized spacial score (nSPS) is 16.2. The molecular weight excluding hydrogens is 365 g/mol. The van der Waals surface area contributed by atoms with E-state index < -0.39 is 0 Å². The average molecular weight is 389 g/mol. The van der Waals surface area contributed by atoms with E-state index in [1.165, 1.54) is 18.4 Å². The van der Waals surface area contributed by atoms with Crippen molar-refractivity contribution in [3.63, 3.8) is 0 Å². The molecule has 4 nitrogen and oxygen atoms in total. The zero-order valence-corrected chi connectivity index (χ0v) is 14.5. The van der Waals surface area contributed by atoms with Gasteiger partial charge in [-0.3, -0.25) is 4.99 Å². The molecule has 0 spiro atoms. The van der Waals surface area contributed by atoms with E-state index in [1.807, 2.05) is 12.1 Å². The molecule has 112 valence electrons. The summed E-state index contributed by atoms with van der Waals surface area (Å²) in [5.41, 5.74) is 7.11. The maximum atomic E-state index is 5.80. The van der Waals surface area contributed by atoms with Gasteiger partial charge in [0.1, 0.15) is 5.75 Å². The maximum Gasteiger partial charge on any atom is 0.188 e. The molecule has 1 fully saturated rings. The van der Waals surface area contributed by atoms with Crippen LogP contribution in [-0.2, 0) is 0 Å². The van der Waals surface area contributed by atoms with Gasteiger partial charge in [-0.25, -0.2) is 0 Å². The van der Waals surface area contributed by atoms with E-state index in [9.17, 15) is 0 Å². The Hall–Kier alpha value is -0.980. The Kier molecular flexibility index (Phi) is 7.12. The highest BCUT2D eigenvalue weighted by molar-refractivity contribution is 14.0. The van der Waals surface area contributed by atoms with Crippen LogP contribution in [0, 0.1) is 0 Å². The Balaban J connectivity index is 0.00000200. The highest BCUT2D eigenvalue weighted by Gasteiger charge is 2.21. The minimum absolute atomic E-state index is 0. The molecule has 0 amide bonds. The second-order valence-electron chi connectivity index (χ2n) is 5.15. The van der Waals surface area contributed by atoms with Crippen LogP contribution in [0.3, 0.4) is 0 Å². The molecule has 20 heavy (non-hydrogen) atoms. The third-order valence-corrected chi connectivity index (χ3v) is 3.46. The van der Waals surface area contributed by atoms with E-state index in [0.717, 1.165) is 18.7 Å². The van der Waals surface area contributed by atoms with Crippen molar-refractivity contribution in [3.8, 4) is 5.75 Å². The van der Waals surface area contributed by atoms with Crippen molar-refractivity contribution in [2.45, 2.75) is 38.1 Å². The van der Waals surface area contributed by atoms with Gasteiger partial charge in [0.05, 0.1) is 7.11 Å². The average Bonchev–Trinajstić information content (AvgIpc) is 3.22. The molecule has 0 bridgehead atoms. The third-order valence-electron chi connectivity index (χ3n) is 3.46. The first kappa shape index (κ1) is 17.1. The molecule has 0 aliphatic heterocycles. The van der Waals surface area contributed by atoms with Crippen molar-refractivity contribution in [2.75, 3.05) is 13.7 Å². The Morgan fingerprint density at radius 3 is 2.60 bits per heavy atom. The Labute approximate surface area is 138 Å². The largest absolute Gasteiger partial charge is 0.497 e. The number of hydrogen-bond acceptors (Lipinski definition) is 2. The first-order valence-electron chi connectivity index (χ1n) is 6.89. The minimum Gasteiger partial charge on any atom is -0.497 e. The highest BCUT2D eigenvalue weighted by atomic mass is 127. The lowest BCUT2D eigenvalue weighted by Crippen LogP contribution is -2.33. The number of rotatable bonds is 6. The van der Waals surface area contributed by atoms with Gasteiger partial charge in [-0.05, 0) is 42.9 Å². The van der Waals surface area contributed by atoms with E-state index >= 15 is 0 Å². The molecule has 1 saturated carbocycles. The smallest absolute Gasteiger partial charge is 0.188 e. The zero-order valence-electron chi connectivity index (χ0n) is 12.1. The van der Waals surface area contributed by atoms with Crippen LogP contribution in [0.1, 0.15) is 37.7 Å². The predicted octanol–water partition coefficient (Wildman–Crippen LogP) is 2.87. The summed E-state index contributed by atoms with van der Waals surface area (Å²) in [7, 11) is 1.68. The Morgan fingerprint density at radius 1 is 1.40 bits per heavy atom. The van der Waals surface area contributed by atoms with Gasteiger partial charge < -0.3 is 15.8 Å². The summed E-state index contributed by atoms with van der Waals surface area (Å²) in [6.07, 6.45) is 3.44. The SMILES string of the molecule is COc1ccc(C(C)CCN=C(N)NC2CC2)cc1.I. The second kappa shape index (κ2) is 8.34. The van der Waals surface area contributed by atoms with Gasteiger partial charge >= 0.3 is 0 Å². The fraction of sp³-hybridized carbons (Fsp3) is 0.533. The van der Waals surface area contributed by atoms with E-state index in [-0.39, 0.29) is 24.0 Å². The second-order valence-corrected chi connectivity index (χ2v) is 5.15. The first-order chi connectivity index (χ1) is 9.19. The monoisotopic (exact) mass is 389 g/mol. The molecule has 3 N–H and O–H groups in total. The van der Waals surface area contributed by atoms with Gasteiger partial charge in [-0.1, -0.05) is 19.1 Å². The van der Waals surface area contributed by atoms with Crippen molar-refractivity contribution in [1.82, 2.24) is 5.32 Å². The number of nitrogens with two attached hydrogens (primary N) is 1. The number of nitrogens with one attached hydrogen (secondary N) is 1. The van der Waals surface area contributed by atoms with Gasteiger partial charge in [0, 0.05) is 12.6 Å². The van der Waals surface area contributed by atoms with Crippen LogP contribution >= 0.6 is 24.0 Å². The molecule has 1 aliphatic carbocycles. The van der Waals surface area contributed by atoms with Gasteiger partial charge in [0.25, 0.3) is 0 Å². The van der Waals surface area contributed by atoms with Crippen molar-refractivity contribution < 1.29 is 4.74 Å². The van der Waals surface area contributed by atoms with Crippen molar-refractivity contribution in [1.29, 1.82) is 0 Å².